The molecule has 1 aliphatic heterocycles. The summed E-state index contributed by atoms with van der Waals surface area (Å²) < 4.78 is 13.3. The number of benzene rings is 3. The monoisotopic (exact) mass is 530 g/mol. The molecular formula is C29H30N4O4S. The summed E-state index contributed by atoms with van der Waals surface area (Å²) in [4.78, 5) is 28.4. The first-order valence-electron chi connectivity index (χ1n) is 12.4. The molecule has 2 amide bonds. The van der Waals surface area contributed by atoms with Crippen LogP contribution in [0.1, 0.15) is 32.2 Å². The van der Waals surface area contributed by atoms with E-state index >= 15 is 0 Å². The first-order valence-corrected chi connectivity index (χ1v) is 13.3. The third kappa shape index (κ3) is 5.62. The molecule has 1 fully saturated rings. The molecule has 0 aliphatic carbocycles. The maximum absolute atomic E-state index is 12.1. The molecule has 0 unspecified atom stereocenters. The van der Waals surface area contributed by atoms with Gasteiger partial charge >= 0.3 is 0 Å². The Labute approximate surface area is 225 Å². The van der Waals surface area contributed by atoms with Crippen molar-refractivity contribution in [3.63, 3.8) is 0 Å². The van der Waals surface area contributed by atoms with Crippen molar-refractivity contribution in [3.8, 4) is 17.2 Å². The van der Waals surface area contributed by atoms with Crippen LogP contribution in [0.4, 0.5) is 10.5 Å². The number of imidazole rings is 1. The molecule has 1 atom stereocenters. The Balaban J connectivity index is 1.22. The number of nitrogens with one attached hydrogen (secondary N) is 2. The number of ether oxygens (including phenoxy) is 2. The summed E-state index contributed by atoms with van der Waals surface area (Å²) >= 11 is 1.04. The summed E-state index contributed by atoms with van der Waals surface area (Å²) in [6.45, 7) is 6.29. The van der Waals surface area contributed by atoms with Crippen LogP contribution in [0.15, 0.2) is 66.7 Å². The molecule has 0 radical (unpaired) electrons. The number of nitrogens with zero attached hydrogens (tertiary/aromatic N) is 2. The molecule has 0 saturated carbocycles. The first-order chi connectivity index (χ1) is 18.2. The maximum atomic E-state index is 12.1. The fourth-order valence-electron chi connectivity index (χ4n) is 4.36. The lowest BCUT2D eigenvalue weighted by Gasteiger charge is -2.18. The molecule has 4 aromatic rings. The topological polar surface area (TPSA) is 94.5 Å². The number of aryl methyl sites for hydroxylation is 1. The van der Waals surface area contributed by atoms with Crippen LogP contribution in [-0.2, 0) is 24.9 Å². The van der Waals surface area contributed by atoms with Crippen molar-refractivity contribution in [3.05, 3.63) is 78.1 Å². The fourth-order valence-corrected chi connectivity index (χ4v) is 5.29. The van der Waals surface area contributed by atoms with Crippen LogP contribution >= 0.6 is 11.8 Å². The molecular weight excluding hydrogens is 500 g/mol. The number of thioether (sulfide) groups is 1. The van der Waals surface area contributed by atoms with Crippen molar-refractivity contribution >= 4 is 39.6 Å². The van der Waals surface area contributed by atoms with E-state index in [4.69, 9.17) is 14.5 Å². The zero-order valence-electron chi connectivity index (χ0n) is 21.8. The summed E-state index contributed by atoms with van der Waals surface area (Å²) in [6, 6.07) is 21.7. The van der Waals surface area contributed by atoms with Gasteiger partial charge in [0.15, 0.2) is 0 Å². The minimum Gasteiger partial charge on any atom is -0.486 e. The molecule has 0 bridgehead atoms. The number of anilines is 1. The van der Waals surface area contributed by atoms with Crippen LogP contribution in [0.25, 0.3) is 11.0 Å². The van der Waals surface area contributed by atoms with E-state index in [2.05, 4.69) is 24.5 Å². The molecule has 2 N–H and O–H groups in total. The normalized spacial score (nSPS) is 17.2. The largest absolute Gasteiger partial charge is 0.486 e. The average Bonchev–Trinajstić information content (AvgIpc) is 3.32. The zero-order valence-corrected chi connectivity index (χ0v) is 22.6. The van der Waals surface area contributed by atoms with E-state index in [0.717, 1.165) is 51.4 Å². The van der Waals surface area contributed by atoms with Crippen molar-refractivity contribution < 1.29 is 19.1 Å². The van der Waals surface area contributed by atoms with Crippen LogP contribution in [0.3, 0.4) is 0 Å². The molecule has 2 heterocycles. The van der Waals surface area contributed by atoms with Gasteiger partial charge in [-0.05, 0) is 93.0 Å². The van der Waals surface area contributed by atoms with Gasteiger partial charge in [-0.2, -0.15) is 0 Å². The minimum absolute atomic E-state index is 0.250. The number of fused-ring (bicyclic) bond motifs is 1. The van der Waals surface area contributed by atoms with E-state index in [0.29, 0.717) is 24.8 Å². The van der Waals surface area contributed by atoms with E-state index in [1.54, 1.807) is 6.92 Å². The third-order valence-electron chi connectivity index (χ3n) is 6.34. The smallest absolute Gasteiger partial charge is 0.286 e. The van der Waals surface area contributed by atoms with E-state index in [9.17, 15) is 9.59 Å². The second-order valence-electron chi connectivity index (χ2n) is 9.85. The van der Waals surface area contributed by atoms with Gasteiger partial charge in [0.05, 0.1) is 11.0 Å². The number of amides is 2. The second kappa shape index (κ2) is 10.4. The van der Waals surface area contributed by atoms with Crippen molar-refractivity contribution in [2.75, 3.05) is 5.32 Å². The van der Waals surface area contributed by atoms with Gasteiger partial charge in [0.2, 0.25) is 5.91 Å². The van der Waals surface area contributed by atoms with Crippen LogP contribution < -0.4 is 20.1 Å². The summed E-state index contributed by atoms with van der Waals surface area (Å²) in [5.41, 5.74) is 3.82. The molecule has 38 heavy (non-hydrogen) atoms. The van der Waals surface area contributed by atoms with Gasteiger partial charge in [-0.1, -0.05) is 12.1 Å². The van der Waals surface area contributed by atoms with Gasteiger partial charge in [-0.3, -0.25) is 14.9 Å². The summed E-state index contributed by atoms with van der Waals surface area (Å²) in [6.07, 6.45) is 0.462. The average molecular weight is 531 g/mol. The van der Waals surface area contributed by atoms with Gasteiger partial charge in [-0.15, -0.1) is 0 Å². The van der Waals surface area contributed by atoms with Crippen LogP contribution in [0.5, 0.6) is 17.2 Å². The predicted octanol–water partition coefficient (Wildman–Crippen LogP) is 6.05. The van der Waals surface area contributed by atoms with Crippen LogP contribution in [-0.4, -0.2) is 31.5 Å². The molecule has 1 saturated heterocycles. The van der Waals surface area contributed by atoms with E-state index in [1.807, 2.05) is 78.3 Å². The number of carbonyl (C=O) groups is 2. The Morgan fingerprint density at radius 1 is 1.00 bits per heavy atom. The quantitative estimate of drug-likeness (QED) is 0.272. The molecule has 8 nitrogen and oxygen atoms in total. The molecule has 9 heteroatoms. The first kappa shape index (κ1) is 25.7. The molecule has 3 aromatic carbocycles. The summed E-state index contributed by atoms with van der Waals surface area (Å²) in [5, 5.41) is 5.43. The van der Waals surface area contributed by atoms with Gasteiger partial charge in [0.1, 0.15) is 34.4 Å². The summed E-state index contributed by atoms with van der Waals surface area (Å²) in [5.74, 6) is 2.73. The Hall–Kier alpha value is -3.98. The lowest BCUT2D eigenvalue weighted by atomic mass is 9.99. The van der Waals surface area contributed by atoms with Crippen molar-refractivity contribution in [2.24, 2.45) is 7.05 Å². The summed E-state index contributed by atoms with van der Waals surface area (Å²) in [7, 11) is 1.96. The molecule has 1 aromatic heterocycles. The second-order valence-corrected chi connectivity index (χ2v) is 11.3. The van der Waals surface area contributed by atoms with E-state index in [-0.39, 0.29) is 11.1 Å². The Bertz CT molecular complexity index is 1480. The number of carbonyl (C=O) groups excluding carboxylic acids is 2. The van der Waals surface area contributed by atoms with Gasteiger partial charge in [0, 0.05) is 24.8 Å². The third-order valence-corrected chi connectivity index (χ3v) is 7.40. The molecule has 1 aliphatic rings. The SMILES string of the molecule is CC(C)Nc1ccc(Oc2ccc3nc(COc4ccc(C[C@]5(C)SC(=O)NC5=O)cc4)n(C)c3c2)cc1. The highest BCUT2D eigenvalue weighted by Gasteiger charge is 2.43. The van der Waals surface area contributed by atoms with Crippen molar-refractivity contribution in [1.29, 1.82) is 0 Å². The lowest BCUT2D eigenvalue weighted by Crippen LogP contribution is -2.35. The Kier molecular flexibility index (Phi) is 7.03. The lowest BCUT2D eigenvalue weighted by molar-refractivity contribution is -0.121. The molecule has 0 spiro atoms. The van der Waals surface area contributed by atoms with E-state index < -0.39 is 4.75 Å². The fraction of sp³-hybridized carbons (Fsp3) is 0.276. The maximum Gasteiger partial charge on any atom is 0.286 e. The van der Waals surface area contributed by atoms with Crippen molar-refractivity contribution in [2.45, 2.75) is 44.6 Å². The Morgan fingerprint density at radius 3 is 2.34 bits per heavy atom. The van der Waals surface area contributed by atoms with Gasteiger partial charge < -0.3 is 19.4 Å². The minimum atomic E-state index is -0.788. The standard InChI is InChI=1S/C29H30N4O4S/c1-18(2)30-20-7-11-22(12-8-20)37-23-13-14-24-25(15-23)33(4)26(31-24)17-36-21-9-5-19(6-10-21)16-29(3)27(34)32-28(35)38-29/h5-15,18,30H,16-17H2,1-4H3,(H,32,34,35)/t29-/m0/s1. The van der Waals surface area contributed by atoms with E-state index in [1.165, 1.54) is 0 Å². The van der Waals surface area contributed by atoms with Gasteiger partial charge in [-0.25, -0.2) is 4.98 Å². The van der Waals surface area contributed by atoms with Crippen LogP contribution in [0.2, 0.25) is 0 Å². The number of hydrogen-bond acceptors (Lipinski definition) is 7. The predicted molar refractivity (Wildman–Crippen MR) is 150 cm³/mol. The molecule has 5 rings (SSSR count). The number of rotatable bonds is 9. The molecule has 196 valence electrons. The number of aromatic nitrogens is 2. The van der Waals surface area contributed by atoms with Gasteiger partial charge in [0.25, 0.3) is 5.24 Å². The van der Waals surface area contributed by atoms with Crippen molar-refractivity contribution in [1.82, 2.24) is 14.9 Å². The highest BCUT2D eigenvalue weighted by molar-refractivity contribution is 8.16. The number of hydrogen-bond donors (Lipinski definition) is 2. The Morgan fingerprint density at radius 2 is 1.68 bits per heavy atom. The van der Waals surface area contributed by atoms with Crippen LogP contribution in [0, 0.1) is 0 Å². The number of imide groups is 1. The highest BCUT2D eigenvalue weighted by atomic mass is 32.2. The highest BCUT2D eigenvalue weighted by Crippen LogP contribution is 2.35. The zero-order chi connectivity index (χ0) is 26.9.